The molecule has 0 amide bonds. The van der Waals surface area contributed by atoms with Crippen LogP contribution in [0, 0.1) is 35.5 Å². The Morgan fingerprint density at radius 1 is 1.07 bits per heavy atom. The predicted molar refractivity (Wildman–Crippen MR) is 170 cm³/mol. The van der Waals surface area contributed by atoms with E-state index in [4.69, 9.17) is 14.2 Å². The highest BCUT2D eigenvalue weighted by Gasteiger charge is 2.38. The van der Waals surface area contributed by atoms with Gasteiger partial charge in [0, 0.05) is 30.8 Å². The SMILES string of the molecule is CO/C1=C\C(C)=C\[C@@H](C)[C@@H](O)[C@H](C)C/C(C)=C\C=C\[C@H](OC)[C@@H]([C@@H](C)[C@@H](O)[C@H](C)C(=O)/C=C/[C@H](C)[C@H](O)C(C)C)OC1=O. The van der Waals surface area contributed by atoms with Gasteiger partial charge < -0.3 is 29.5 Å². The number of allylic oxidation sites excluding steroid dienone is 6. The van der Waals surface area contributed by atoms with Crippen molar-refractivity contribution in [3.63, 3.8) is 0 Å². The smallest absolute Gasteiger partial charge is 0.373 e. The molecule has 0 fully saturated rings. The summed E-state index contributed by atoms with van der Waals surface area (Å²) in [5.74, 6) is -2.96. The van der Waals surface area contributed by atoms with E-state index in [0.29, 0.717) is 6.42 Å². The highest BCUT2D eigenvalue weighted by Crippen LogP contribution is 2.27. The van der Waals surface area contributed by atoms with Gasteiger partial charge >= 0.3 is 5.97 Å². The van der Waals surface area contributed by atoms with E-state index in [9.17, 15) is 24.9 Å². The van der Waals surface area contributed by atoms with Gasteiger partial charge in [-0.2, -0.15) is 0 Å². The first-order chi connectivity index (χ1) is 20.0. The standard InChI is InChI=1S/C35H56O8/c1-20(2)31(37)23(5)15-16-28(36)26(8)33(39)27(9)34-29(41-10)14-12-13-21(3)17-24(6)32(38)25(7)18-22(4)19-30(42-11)35(40)43-34/h12-16,18-20,23-27,29,31-34,37-39H,17H2,1-11H3/b14-12+,16-15+,21-13-,22-18+,30-19-/t23-,24+,25+,26+,27-,29-,31+,32-,33-,34+/m0/s1. The third kappa shape index (κ3) is 11.8. The minimum atomic E-state index is -1.17. The molecule has 10 atom stereocenters. The fraction of sp³-hybridized carbons (Fsp3) is 0.657. The largest absolute Gasteiger partial charge is 0.490 e. The van der Waals surface area contributed by atoms with Crippen LogP contribution >= 0.6 is 0 Å². The van der Waals surface area contributed by atoms with E-state index in [1.54, 1.807) is 32.1 Å². The highest BCUT2D eigenvalue weighted by molar-refractivity contribution is 5.92. The highest BCUT2D eigenvalue weighted by atomic mass is 16.6. The van der Waals surface area contributed by atoms with Crippen LogP contribution in [0.3, 0.4) is 0 Å². The molecule has 0 spiro atoms. The zero-order valence-electron chi connectivity index (χ0n) is 28.0. The van der Waals surface area contributed by atoms with Crippen molar-refractivity contribution in [2.75, 3.05) is 14.2 Å². The average molecular weight is 605 g/mol. The van der Waals surface area contributed by atoms with Crippen LogP contribution in [0.1, 0.15) is 68.7 Å². The van der Waals surface area contributed by atoms with Crippen LogP contribution in [0.5, 0.6) is 0 Å². The number of carbonyl (C=O) groups is 2. The number of hydrogen-bond donors (Lipinski definition) is 3. The van der Waals surface area contributed by atoms with E-state index in [0.717, 1.165) is 11.1 Å². The van der Waals surface area contributed by atoms with Crippen molar-refractivity contribution < 1.29 is 39.1 Å². The number of methoxy groups -OCH3 is 2. The summed E-state index contributed by atoms with van der Waals surface area (Å²) in [7, 11) is 2.86. The van der Waals surface area contributed by atoms with E-state index < -0.39 is 48.3 Å². The molecule has 43 heavy (non-hydrogen) atoms. The number of cyclic esters (lactones) is 1. The summed E-state index contributed by atoms with van der Waals surface area (Å²) in [6, 6.07) is 0. The van der Waals surface area contributed by atoms with E-state index >= 15 is 0 Å². The number of aliphatic hydroxyl groups is 3. The normalized spacial score (nSPS) is 32.7. The van der Waals surface area contributed by atoms with E-state index in [1.165, 1.54) is 20.3 Å². The number of carbonyl (C=O) groups excluding carboxylic acids is 2. The minimum Gasteiger partial charge on any atom is -0.490 e. The van der Waals surface area contributed by atoms with Crippen molar-refractivity contribution in [3.8, 4) is 0 Å². The molecule has 1 aliphatic heterocycles. The molecule has 1 aliphatic rings. The van der Waals surface area contributed by atoms with Crippen LogP contribution in [0.2, 0.25) is 0 Å². The fourth-order valence-corrected chi connectivity index (χ4v) is 5.43. The zero-order chi connectivity index (χ0) is 33.0. The van der Waals surface area contributed by atoms with Crippen LogP contribution in [0.15, 0.2) is 59.4 Å². The summed E-state index contributed by atoms with van der Waals surface area (Å²) in [6.07, 6.45) is 8.65. The van der Waals surface area contributed by atoms with Crippen LogP contribution in [0.25, 0.3) is 0 Å². The molecule has 0 saturated heterocycles. The molecule has 0 bridgehead atoms. The third-order valence-electron chi connectivity index (χ3n) is 8.40. The lowest BCUT2D eigenvalue weighted by Gasteiger charge is -2.33. The lowest BCUT2D eigenvalue weighted by Crippen LogP contribution is -2.45. The van der Waals surface area contributed by atoms with E-state index in [1.807, 2.05) is 66.7 Å². The van der Waals surface area contributed by atoms with Gasteiger partial charge in [0.05, 0.1) is 25.4 Å². The Bertz CT molecular complexity index is 1050. The number of aliphatic hydroxyl groups excluding tert-OH is 3. The number of ketones is 1. The third-order valence-corrected chi connectivity index (χ3v) is 8.40. The molecule has 3 N–H and O–H groups in total. The predicted octanol–water partition coefficient (Wildman–Crippen LogP) is 5.34. The first-order valence-electron chi connectivity index (χ1n) is 15.3. The Balaban J connectivity index is 3.46. The van der Waals surface area contributed by atoms with Gasteiger partial charge in [-0.1, -0.05) is 90.0 Å². The fourth-order valence-electron chi connectivity index (χ4n) is 5.43. The Morgan fingerprint density at radius 2 is 1.70 bits per heavy atom. The first kappa shape index (κ1) is 38.5. The van der Waals surface area contributed by atoms with E-state index in [-0.39, 0.29) is 35.2 Å². The lowest BCUT2D eigenvalue weighted by atomic mass is 9.84. The van der Waals surface area contributed by atoms with Gasteiger partial charge in [0.2, 0.25) is 5.76 Å². The molecular weight excluding hydrogens is 548 g/mol. The van der Waals surface area contributed by atoms with Crippen molar-refractivity contribution in [2.24, 2.45) is 35.5 Å². The molecule has 244 valence electrons. The van der Waals surface area contributed by atoms with Crippen LogP contribution in [0.4, 0.5) is 0 Å². The van der Waals surface area contributed by atoms with Crippen molar-refractivity contribution in [1.29, 1.82) is 0 Å². The summed E-state index contributed by atoms with van der Waals surface area (Å²) in [4.78, 5) is 26.4. The molecule has 0 aliphatic carbocycles. The molecule has 0 saturated carbocycles. The summed E-state index contributed by atoms with van der Waals surface area (Å²) < 4.78 is 17.0. The topological polar surface area (TPSA) is 123 Å². The van der Waals surface area contributed by atoms with Crippen molar-refractivity contribution in [3.05, 3.63) is 59.4 Å². The van der Waals surface area contributed by atoms with Gasteiger partial charge in [-0.15, -0.1) is 0 Å². The molecular formula is C35H56O8. The molecule has 0 unspecified atom stereocenters. The van der Waals surface area contributed by atoms with Gasteiger partial charge in [0.1, 0.15) is 12.2 Å². The Morgan fingerprint density at radius 3 is 2.26 bits per heavy atom. The van der Waals surface area contributed by atoms with Crippen LogP contribution in [-0.4, -0.2) is 71.8 Å². The van der Waals surface area contributed by atoms with Crippen molar-refractivity contribution in [1.82, 2.24) is 0 Å². The van der Waals surface area contributed by atoms with Gasteiger partial charge in [-0.05, 0) is 44.3 Å². The van der Waals surface area contributed by atoms with Crippen LogP contribution in [-0.2, 0) is 23.8 Å². The molecule has 0 radical (unpaired) electrons. The maximum Gasteiger partial charge on any atom is 0.373 e. The number of rotatable bonds is 10. The molecule has 8 nitrogen and oxygen atoms in total. The van der Waals surface area contributed by atoms with Crippen molar-refractivity contribution in [2.45, 2.75) is 99.3 Å². The average Bonchev–Trinajstić information content (AvgIpc) is 2.96. The lowest BCUT2D eigenvalue weighted by molar-refractivity contribution is -0.162. The second-order valence-corrected chi connectivity index (χ2v) is 12.6. The van der Waals surface area contributed by atoms with Crippen LogP contribution < -0.4 is 0 Å². The number of esters is 1. The summed E-state index contributed by atoms with van der Waals surface area (Å²) in [5.41, 5.74) is 1.78. The summed E-state index contributed by atoms with van der Waals surface area (Å²) >= 11 is 0. The molecule has 0 aromatic heterocycles. The molecule has 0 aromatic carbocycles. The monoisotopic (exact) mass is 604 g/mol. The quantitative estimate of drug-likeness (QED) is 0.226. The van der Waals surface area contributed by atoms with Gasteiger partial charge in [-0.3, -0.25) is 4.79 Å². The van der Waals surface area contributed by atoms with Gasteiger partial charge in [0.25, 0.3) is 0 Å². The van der Waals surface area contributed by atoms with Gasteiger partial charge in [0.15, 0.2) is 5.78 Å². The Kier molecular flexibility index (Phi) is 16.4. The minimum absolute atomic E-state index is 0.00159. The van der Waals surface area contributed by atoms with Crippen molar-refractivity contribution >= 4 is 11.8 Å². The Hall–Kier alpha value is -2.52. The second-order valence-electron chi connectivity index (χ2n) is 12.6. The Labute approximate surface area is 259 Å². The molecule has 0 aromatic rings. The molecule has 8 heteroatoms. The number of ether oxygens (including phenoxy) is 3. The maximum atomic E-state index is 13.4. The summed E-state index contributed by atoms with van der Waals surface area (Å²) in [5, 5.41) is 32.5. The second kappa shape index (κ2) is 18.3. The summed E-state index contributed by atoms with van der Waals surface area (Å²) in [6.45, 7) is 16.7. The first-order valence-corrected chi connectivity index (χ1v) is 15.3. The van der Waals surface area contributed by atoms with E-state index in [2.05, 4.69) is 0 Å². The van der Waals surface area contributed by atoms with Gasteiger partial charge in [-0.25, -0.2) is 4.79 Å². The number of hydrogen-bond acceptors (Lipinski definition) is 8. The zero-order valence-corrected chi connectivity index (χ0v) is 28.0. The molecule has 1 heterocycles. The molecule has 1 rings (SSSR count). The maximum absolute atomic E-state index is 13.4.